The second-order valence-electron chi connectivity index (χ2n) is 6.08. The topological polar surface area (TPSA) is 20.2 Å². The minimum Gasteiger partial charge on any atom is -0.350 e. The van der Waals surface area contributed by atoms with Gasteiger partial charge in [-0.05, 0) is 50.5 Å². The second kappa shape index (κ2) is 5.98. The van der Waals surface area contributed by atoms with E-state index >= 15 is 0 Å². The van der Waals surface area contributed by atoms with Crippen molar-refractivity contribution in [3.63, 3.8) is 0 Å². The lowest BCUT2D eigenvalue weighted by molar-refractivity contribution is 0.167. The number of nitrogens with zero attached hydrogens (tertiary/aromatic N) is 2. The Morgan fingerprint density at radius 2 is 2.15 bits per heavy atom. The van der Waals surface area contributed by atoms with Crippen molar-refractivity contribution in [2.45, 2.75) is 19.4 Å². The maximum absolute atomic E-state index is 3.32. The number of rotatable bonds is 4. The molecule has 0 radical (unpaired) electrons. The van der Waals surface area contributed by atoms with Crippen LogP contribution in [0.4, 0.5) is 0 Å². The minimum atomic E-state index is 0.809. The van der Waals surface area contributed by atoms with Gasteiger partial charge in [0.25, 0.3) is 0 Å². The molecule has 1 unspecified atom stereocenters. The summed E-state index contributed by atoms with van der Waals surface area (Å²) < 4.78 is 2.25. The first kappa shape index (κ1) is 13.7. The molecule has 0 spiro atoms. The van der Waals surface area contributed by atoms with Gasteiger partial charge < -0.3 is 9.88 Å². The first-order chi connectivity index (χ1) is 9.78. The number of aryl methyl sites for hydroxylation is 1. The zero-order valence-electron chi connectivity index (χ0n) is 12.6. The zero-order chi connectivity index (χ0) is 13.9. The molecule has 0 bridgehead atoms. The highest BCUT2D eigenvalue weighted by Crippen LogP contribution is 2.24. The van der Waals surface area contributed by atoms with Gasteiger partial charge in [0, 0.05) is 37.2 Å². The van der Waals surface area contributed by atoms with Gasteiger partial charge >= 0.3 is 0 Å². The first-order valence-corrected chi connectivity index (χ1v) is 7.68. The van der Waals surface area contributed by atoms with E-state index < -0.39 is 0 Å². The van der Waals surface area contributed by atoms with E-state index in [0.29, 0.717) is 0 Å². The lowest BCUT2D eigenvalue weighted by Crippen LogP contribution is -2.38. The van der Waals surface area contributed by atoms with Crippen LogP contribution in [0.5, 0.6) is 0 Å². The number of hydrogen-bond donors (Lipinski definition) is 1. The van der Waals surface area contributed by atoms with Crippen molar-refractivity contribution in [3.05, 3.63) is 36.0 Å². The molecule has 1 fully saturated rings. The molecule has 1 N–H and O–H groups in total. The van der Waals surface area contributed by atoms with Gasteiger partial charge in [-0.25, -0.2) is 0 Å². The summed E-state index contributed by atoms with van der Waals surface area (Å²) in [5.41, 5.74) is 2.81. The highest BCUT2D eigenvalue weighted by atomic mass is 15.1. The quantitative estimate of drug-likeness (QED) is 0.922. The largest absolute Gasteiger partial charge is 0.350 e. The van der Waals surface area contributed by atoms with E-state index in [0.717, 1.165) is 19.0 Å². The Balaban J connectivity index is 1.76. The maximum Gasteiger partial charge on any atom is 0.0481 e. The fourth-order valence-electron chi connectivity index (χ4n) is 3.54. The van der Waals surface area contributed by atoms with Gasteiger partial charge in [-0.2, -0.15) is 0 Å². The third-order valence-corrected chi connectivity index (χ3v) is 4.47. The van der Waals surface area contributed by atoms with Crippen LogP contribution in [0.3, 0.4) is 0 Å². The predicted molar refractivity (Wildman–Crippen MR) is 84.8 cm³/mol. The van der Waals surface area contributed by atoms with Gasteiger partial charge in [-0.15, -0.1) is 0 Å². The molecule has 20 heavy (non-hydrogen) atoms. The highest BCUT2D eigenvalue weighted by molar-refractivity contribution is 5.83. The van der Waals surface area contributed by atoms with E-state index in [1.54, 1.807) is 0 Å². The Hall–Kier alpha value is -1.32. The highest BCUT2D eigenvalue weighted by Gasteiger charge is 2.20. The maximum atomic E-state index is 3.32. The van der Waals surface area contributed by atoms with E-state index in [1.165, 1.54) is 42.4 Å². The summed E-state index contributed by atoms with van der Waals surface area (Å²) >= 11 is 0. The third-order valence-electron chi connectivity index (χ3n) is 4.47. The summed E-state index contributed by atoms with van der Waals surface area (Å²) in [6.07, 6.45) is 5.00. The standard InChI is InChI=1S/C17H25N3/c1-18-10-14-6-5-9-20(11-14)13-15-12-19(2)17-8-4-3-7-16(15)17/h3-4,7-8,12,14,18H,5-6,9-11,13H2,1-2H3. The molecule has 1 saturated heterocycles. The van der Waals surface area contributed by atoms with Gasteiger partial charge in [0.15, 0.2) is 0 Å². The Labute approximate surface area is 121 Å². The normalized spacial score (nSPS) is 20.6. The molecule has 2 aromatic rings. The number of aromatic nitrogens is 1. The molecule has 3 nitrogen and oxygen atoms in total. The number of nitrogens with one attached hydrogen (secondary N) is 1. The number of fused-ring (bicyclic) bond motifs is 1. The summed E-state index contributed by atoms with van der Waals surface area (Å²) in [5.74, 6) is 0.809. The fraction of sp³-hybridized carbons (Fsp3) is 0.529. The van der Waals surface area contributed by atoms with Gasteiger partial charge in [-0.3, -0.25) is 4.90 Å². The average molecular weight is 271 g/mol. The first-order valence-electron chi connectivity index (χ1n) is 7.68. The Bertz CT molecular complexity index is 571. The van der Waals surface area contributed by atoms with E-state index in [2.05, 4.69) is 59.3 Å². The van der Waals surface area contributed by atoms with Crippen molar-refractivity contribution in [3.8, 4) is 0 Å². The molecular formula is C17H25N3. The van der Waals surface area contributed by atoms with Crippen LogP contribution < -0.4 is 5.32 Å². The number of likely N-dealkylation sites (tertiary alicyclic amines) is 1. The Kier molecular flexibility index (Phi) is 4.08. The van der Waals surface area contributed by atoms with Crippen molar-refractivity contribution in [1.29, 1.82) is 0 Å². The summed E-state index contributed by atoms with van der Waals surface area (Å²) in [7, 11) is 4.20. The monoisotopic (exact) mass is 271 g/mol. The number of para-hydroxylation sites is 1. The average Bonchev–Trinajstić information content (AvgIpc) is 2.77. The lowest BCUT2D eigenvalue weighted by atomic mass is 9.97. The molecule has 1 aliphatic rings. The molecule has 3 rings (SSSR count). The van der Waals surface area contributed by atoms with Crippen LogP contribution in [0.1, 0.15) is 18.4 Å². The van der Waals surface area contributed by atoms with Crippen molar-refractivity contribution >= 4 is 10.9 Å². The van der Waals surface area contributed by atoms with Crippen LogP contribution in [0, 0.1) is 5.92 Å². The number of piperidine rings is 1. The molecule has 1 aromatic heterocycles. The molecule has 2 heterocycles. The molecule has 1 atom stereocenters. The number of benzene rings is 1. The van der Waals surface area contributed by atoms with E-state index in [-0.39, 0.29) is 0 Å². The third kappa shape index (κ3) is 2.74. The summed E-state index contributed by atoms with van der Waals surface area (Å²) in [5, 5.41) is 4.73. The smallest absolute Gasteiger partial charge is 0.0481 e. The molecule has 108 valence electrons. The van der Waals surface area contributed by atoms with Gasteiger partial charge in [0.05, 0.1) is 0 Å². The molecule has 1 aromatic carbocycles. The van der Waals surface area contributed by atoms with Crippen LogP contribution >= 0.6 is 0 Å². The fourth-order valence-corrected chi connectivity index (χ4v) is 3.54. The molecule has 3 heteroatoms. The van der Waals surface area contributed by atoms with Crippen molar-refractivity contribution in [2.24, 2.45) is 13.0 Å². The predicted octanol–water partition coefficient (Wildman–Crippen LogP) is 2.61. The second-order valence-corrected chi connectivity index (χ2v) is 6.08. The van der Waals surface area contributed by atoms with Crippen LogP contribution in [0.15, 0.2) is 30.5 Å². The van der Waals surface area contributed by atoms with Crippen LogP contribution in [-0.2, 0) is 13.6 Å². The van der Waals surface area contributed by atoms with Gasteiger partial charge in [0.1, 0.15) is 0 Å². The number of hydrogen-bond acceptors (Lipinski definition) is 2. The van der Waals surface area contributed by atoms with E-state index in [1.807, 2.05) is 0 Å². The SMILES string of the molecule is CNCC1CCCN(Cc2cn(C)c3ccccc23)C1. The summed E-state index contributed by atoms with van der Waals surface area (Å²) in [4.78, 5) is 2.62. The molecular weight excluding hydrogens is 246 g/mol. The molecule has 0 saturated carbocycles. The summed E-state index contributed by atoms with van der Waals surface area (Å²) in [6.45, 7) is 4.70. The van der Waals surface area contributed by atoms with Crippen molar-refractivity contribution < 1.29 is 0 Å². The van der Waals surface area contributed by atoms with Gasteiger partial charge in [0.2, 0.25) is 0 Å². The van der Waals surface area contributed by atoms with E-state index in [4.69, 9.17) is 0 Å². The van der Waals surface area contributed by atoms with Crippen LogP contribution in [-0.4, -0.2) is 36.1 Å². The van der Waals surface area contributed by atoms with E-state index in [9.17, 15) is 0 Å². The molecule has 1 aliphatic heterocycles. The summed E-state index contributed by atoms with van der Waals surface area (Å²) in [6, 6.07) is 8.72. The zero-order valence-corrected chi connectivity index (χ0v) is 12.6. The molecule has 0 amide bonds. The molecule has 0 aliphatic carbocycles. The Morgan fingerprint density at radius 1 is 1.30 bits per heavy atom. The Morgan fingerprint density at radius 3 is 3.00 bits per heavy atom. The van der Waals surface area contributed by atoms with Crippen molar-refractivity contribution in [2.75, 3.05) is 26.7 Å². The van der Waals surface area contributed by atoms with Gasteiger partial charge in [-0.1, -0.05) is 18.2 Å². The minimum absolute atomic E-state index is 0.809. The van der Waals surface area contributed by atoms with Crippen molar-refractivity contribution in [1.82, 2.24) is 14.8 Å². The van der Waals surface area contributed by atoms with Crippen LogP contribution in [0.2, 0.25) is 0 Å². The van der Waals surface area contributed by atoms with Crippen LogP contribution in [0.25, 0.3) is 10.9 Å². The lowest BCUT2D eigenvalue weighted by Gasteiger charge is -2.32.